The zero-order valence-corrected chi connectivity index (χ0v) is 17.2. The van der Waals surface area contributed by atoms with E-state index in [9.17, 15) is 18.0 Å². The Morgan fingerprint density at radius 2 is 2.04 bits per heavy atom. The summed E-state index contributed by atoms with van der Waals surface area (Å²) in [6.07, 6.45) is -4.05. The smallest absolute Gasteiger partial charge is 0.417 e. The number of hydrogen-bond acceptors (Lipinski definition) is 5. The third-order valence-corrected chi connectivity index (χ3v) is 4.77. The van der Waals surface area contributed by atoms with Gasteiger partial charge in [0.25, 0.3) is 0 Å². The molecule has 1 amide bonds. The molecule has 1 atom stereocenters. The Kier molecular flexibility index (Phi) is 6.37. The second-order valence-corrected chi connectivity index (χ2v) is 8.20. The lowest BCUT2D eigenvalue weighted by atomic mass is 10.1. The summed E-state index contributed by atoms with van der Waals surface area (Å²) < 4.78 is 44.1. The van der Waals surface area contributed by atoms with E-state index in [1.54, 1.807) is 25.7 Å². The van der Waals surface area contributed by atoms with E-state index in [1.165, 1.54) is 0 Å². The predicted molar refractivity (Wildman–Crippen MR) is 99.7 cm³/mol. The minimum atomic E-state index is -4.45. The number of nitrogens with zero attached hydrogens (tertiary/aromatic N) is 3. The largest absolute Gasteiger partial charge is 0.444 e. The molecule has 0 unspecified atom stereocenters. The fraction of sp³-hybridized carbons (Fsp3) is 0.625. The molecule has 0 radical (unpaired) electrons. The van der Waals surface area contributed by atoms with Crippen molar-refractivity contribution in [2.45, 2.75) is 38.6 Å². The average Bonchev–Trinajstić information content (AvgIpc) is 2.51. The molecule has 0 N–H and O–H groups in total. The Bertz CT molecular complexity index is 667. The van der Waals surface area contributed by atoms with Gasteiger partial charge in [0.15, 0.2) is 0 Å². The van der Waals surface area contributed by atoms with Gasteiger partial charge in [-0.25, -0.2) is 9.78 Å². The highest BCUT2D eigenvalue weighted by atomic mass is 79.9. The maximum absolute atomic E-state index is 12.8. The zero-order chi connectivity index (χ0) is 19.7. The van der Waals surface area contributed by atoms with E-state index in [0.29, 0.717) is 31.2 Å². The Morgan fingerprint density at radius 1 is 1.38 bits per heavy atom. The summed E-state index contributed by atoms with van der Waals surface area (Å²) in [5.74, 6) is 0.815. The van der Waals surface area contributed by atoms with Crippen molar-refractivity contribution in [2.24, 2.45) is 0 Å². The summed E-state index contributed by atoms with van der Waals surface area (Å²) in [6, 6.07) is 0.818. The van der Waals surface area contributed by atoms with Crippen LogP contribution in [-0.4, -0.2) is 53.0 Å². The maximum Gasteiger partial charge on any atom is 0.417 e. The highest BCUT2D eigenvalue weighted by Crippen LogP contribution is 2.34. The van der Waals surface area contributed by atoms with Crippen molar-refractivity contribution in [1.82, 2.24) is 9.88 Å². The first-order chi connectivity index (χ1) is 11.9. The SMILES string of the molecule is CC(C)(C)OC(=O)N1CCN(c2ncc(C(F)(F)F)cc2Br)[C@H](CS)C1. The van der Waals surface area contributed by atoms with E-state index < -0.39 is 23.4 Å². The number of rotatable bonds is 2. The highest BCUT2D eigenvalue weighted by molar-refractivity contribution is 9.10. The number of piperazine rings is 1. The summed E-state index contributed by atoms with van der Waals surface area (Å²) in [4.78, 5) is 19.7. The number of carbonyl (C=O) groups is 1. The standard InChI is InChI=1S/C16H21BrF3N3O2S/c1-15(2,3)25-14(24)22-4-5-23(11(8-22)9-26)13-12(17)6-10(7-21-13)16(18,19)20/h6-7,11,26H,4-5,8-9H2,1-3H3/t11-/m0/s1. The number of thiol groups is 1. The lowest BCUT2D eigenvalue weighted by Gasteiger charge is -2.42. The lowest BCUT2D eigenvalue weighted by molar-refractivity contribution is -0.137. The van der Waals surface area contributed by atoms with Gasteiger partial charge < -0.3 is 14.5 Å². The van der Waals surface area contributed by atoms with Crippen molar-refractivity contribution in [3.05, 3.63) is 22.3 Å². The normalized spacial score (nSPS) is 18.8. The summed E-state index contributed by atoms with van der Waals surface area (Å²) >= 11 is 7.51. The molecule has 0 aliphatic carbocycles. The van der Waals surface area contributed by atoms with E-state index in [4.69, 9.17) is 4.74 Å². The number of amides is 1. The number of carbonyl (C=O) groups excluding carboxylic acids is 1. The first-order valence-electron chi connectivity index (χ1n) is 8.00. The van der Waals surface area contributed by atoms with Gasteiger partial charge >= 0.3 is 12.3 Å². The average molecular weight is 456 g/mol. The van der Waals surface area contributed by atoms with Crippen molar-refractivity contribution in [2.75, 3.05) is 30.3 Å². The third kappa shape index (κ3) is 5.18. The van der Waals surface area contributed by atoms with Gasteiger partial charge in [-0.15, -0.1) is 0 Å². The van der Waals surface area contributed by atoms with Crippen LogP contribution in [0.1, 0.15) is 26.3 Å². The Balaban J connectivity index is 2.16. The van der Waals surface area contributed by atoms with Gasteiger partial charge in [0.1, 0.15) is 11.4 Å². The predicted octanol–water partition coefficient (Wildman–Crippen LogP) is 4.22. The summed E-state index contributed by atoms with van der Waals surface area (Å²) in [7, 11) is 0. The maximum atomic E-state index is 12.8. The van der Waals surface area contributed by atoms with Crippen molar-refractivity contribution in [1.29, 1.82) is 0 Å². The van der Waals surface area contributed by atoms with Crippen LogP contribution in [-0.2, 0) is 10.9 Å². The van der Waals surface area contributed by atoms with E-state index >= 15 is 0 Å². The molecule has 146 valence electrons. The minimum absolute atomic E-state index is 0.194. The molecule has 1 aromatic heterocycles. The number of pyridine rings is 1. The molecule has 5 nitrogen and oxygen atoms in total. The Hall–Kier alpha value is -1.16. The van der Waals surface area contributed by atoms with Gasteiger partial charge in [-0.05, 0) is 42.8 Å². The number of anilines is 1. The molecule has 1 fully saturated rings. The van der Waals surface area contributed by atoms with E-state index in [1.807, 2.05) is 4.90 Å². The summed E-state index contributed by atoms with van der Waals surface area (Å²) in [5.41, 5.74) is -1.41. The molecule has 0 spiro atoms. The summed E-state index contributed by atoms with van der Waals surface area (Å²) in [5, 5.41) is 0. The first kappa shape index (κ1) is 21.1. The number of hydrogen-bond donors (Lipinski definition) is 1. The van der Waals surface area contributed by atoms with Crippen molar-refractivity contribution < 1.29 is 22.7 Å². The van der Waals surface area contributed by atoms with Crippen LogP contribution in [0.25, 0.3) is 0 Å². The van der Waals surface area contributed by atoms with Crippen LogP contribution in [0.5, 0.6) is 0 Å². The van der Waals surface area contributed by atoms with Crippen LogP contribution in [0.15, 0.2) is 16.7 Å². The van der Waals surface area contributed by atoms with E-state index in [2.05, 4.69) is 33.5 Å². The molecule has 1 saturated heterocycles. The van der Waals surface area contributed by atoms with Crippen molar-refractivity contribution in [3.8, 4) is 0 Å². The molecule has 1 aliphatic rings. The number of ether oxygens (including phenoxy) is 1. The van der Waals surface area contributed by atoms with Gasteiger partial charge in [0.2, 0.25) is 0 Å². The van der Waals surface area contributed by atoms with E-state index in [0.717, 1.165) is 12.3 Å². The van der Waals surface area contributed by atoms with Crippen molar-refractivity contribution >= 4 is 40.5 Å². The molecule has 0 bridgehead atoms. The Morgan fingerprint density at radius 3 is 2.54 bits per heavy atom. The Labute approximate surface area is 164 Å². The van der Waals surface area contributed by atoms with Gasteiger partial charge in [0.05, 0.1) is 16.1 Å². The monoisotopic (exact) mass is 455 g/mol. The number of halogens is 4. The van der Waals surface area contributed by atoms with E-state index in [-0.39, 0.29) is 10.5 Å². The fourth-order valence-electron chi connectivity index (χ4n) is 2.58. The topological polar surface area (TPSA) is 45.7 Å². The molecule has 1 aromatic rings. The van der Waals surface area contributed by atoms with Crippen LogP contribution >= 0.6 is 28.6 Å². The quantitative estimate of drug-likeness (QED) is 0.678. The van der Waals surface area contributed by atoms with Gasteiger partial charge in [-0.1, -0.05) is 0 Å². The van der Waals surface area contributed by atoms with Crippen LogP contribution in [0, 0.1) is 0 Å². The minimum Gasteiger partial charge on any atom is -0.444 e. The molecule has 10 heteroatoms. The fourth-order valence-corrected chi connectivity index (χ4v) is 3.47. The molecule has 2 heterocycles. The van der Waals surface area contributed by atoms with Gasteiger partial charge in [-0.2, -0.15) is 25.8 Å². The molecule has 0 aromatic carbocycles. The first-order valence-corrected chi connectivity index (χ1v) is 9.43. The summed E-state index contributed by atoms with van der Waals surface area (Å²) in [6.45, 7) is 6.53. The van der Waals surface area contributed by atoms with Crippen molar-refractivity contribution in [3.63, 3.8) is 0 Å². The molecule has 2 rings (SSSR count). The van der Waals surface area contributed by atoms with Crippen LogP contribution in [0.2, 0.25) is 0 Å². The molecule has 0 saturated carbocycles. The van der Waals surface area contributed by atoms with Crippen LogP contribution in [0.4, 0.5) is 23.8 Å². The molecular weight excluding hydrogens is 435 g/mol. The van der Waals surface area contributed by atoms with Crippen LogP contribution in [0.3, 0.4) is 0 Å². The lowest BCUT2D eigenvalue weighted by Crippen LogP contribution is -2.56. The van der Waals surface area contributed by atoms with Gasteiger partial charge in [-0.3, -0.25) is 0 Å². The second kappa shape index (κ2) is 7.84. The van der Waals surface area contributed by atoms with Gasteiger partial charge in [0, 0.05) is 31.6 Å². The molecule has 1 aliphatic heterocycles. The number of aromatic nitrogens is 1. The van der Waals surface area contributed by atoms with Crippen LogP contribution < -0.4 is 4.90 Å². The highest BCUT2D eigenvalue weighted by Gasteiger charge is 2.35. The molecular formula is C16H21BrF3N3O2S. The second-order valence-electron chi connectivity index (χ2n) is 6.98. The molecule has 26 heavy (non-hydrogen) atoms. The number of alkyl halides is 3. The zero-order valence-electron chi connectivity index (χ0n) is 14.7. The third-order valence-electron chi connectivity index (χ3n) is 3.77.